The Kier molecular flexibility index (Phi) is 11.2. The van der Waals surface area contributed by atoms with Crippen LogP contribution in [0.1, 0.15) is 46.0 Å². The van der Waals surface area contributed by atoms with Crippen LogP contribution in [0.3, 0.4) is 0 Å². The van der Waals surface area contributed by atoms with Gasteiger partial charge >= 0.3 is 0 Å². The molecule has 0 fully saturated rings. The van der Waals surface area contributed by atoms with Crippen LogP contribution in [0, 0.1) is 0 Å². The SMILES string of the molecule is C=C(/C=C(\C=C(/C)c1ccccc1)c1ccccc1)c1cc(-c2cccc(-c3cccc4c3-c3ccccc3C43c4ccccc4-c4ccccc43)c2)nc(-c2cc(-c3ccccc3)cc(-c3ccccc3)c2)n1. The van der Waals surface area contributed by atoms with Crippen molar-refractivity contribution in [3.8, 4) is 78.3 Å². The quantitative estimate of drug-likeness (QED) is 0.128. The minimum Gasteiger partial charge on any atom is -0.228 e. The molecule has 0 radical (unpaired) electrons. The van der Waals surface area contributed by atoms with Crippen molar-refractivity contribution < 1.29 is 0 Å². The van der Waals surface area contributed by atoms with E-state index in [0.717, 1.165) is 72.6 Å². The molecule has 2 nitrogen and oxygen atoms in total. The Morgan fingerprint density at radius 1 is 0.365 bits per heavy atom. The monoisotopic (exact) mass is 942 g/mol. The summed E-state index contributed by atoms with van der Waals surface area (Å²) in [4.78, 5) is 11.0. The van der Waals surface area contributed by atoms with Crippen LogP contribution in [-0.2, 0) is 5.41 Å². The summed E-state index contributed by atoms with van der Waals surface area (Å²) in [5.41, 5.74) is 25.5. The van der Waals surface area contributed by atoms with Crippen LogP contribution in [-0.4, -0.2) is 9.97 Å². The number of hydrogen-bond acceptors (Lipinski definition) is 2. The number of allylic oxidation sites excluding steroid dienone is 5. The Morgan fingerprint density at radius 2 is 0.811 bits per heavy atom. The topological polar surface area (TPSA) is 25.8 Å². The maximum Gasteiger partial charge on any atom is 0.160 e. The maximum atomic E-state index is 5.52. The first-order valence-electron chi connectivity index (χ1n) is 25.4. The van der Waals surface area contributed by atoms with Gasteiger partial charge < -0.3 is 0 Å². The van der Waals surface area contributed by atoms with Gasteiger partial charge in [-0.15, -0.1) is 0 Å². The van der Waals surface area contributed by atoms with Crippen molar-refractivity contribution in [3.63, 3.8) is 0 Å². The van der Waals surface area contributed by atoms with Gasteiger partial charge in [0, 0.05) is 11.1 Å². The number of hydrogen-bond donors (Lipinski definition) is 0. The van der Waals surface area contributed by atoms with E-state index in [-0.39, 0.29) is 0 Å². The molecular weight excluding hydrogens is 893 g/mol. The minimum atomic E-state index is -0.433. The van der Waals surface area contributed by atoms with Crippen LogP contribution in [0.2, 0.25) is 0 Å². The lowest BCUT2D eigenvalue weighted by molar-refractivity contribution is 0.794. The highest BCUT2D eigenvalue weighted by Gasteiger charge is 2.52. The standard InChI is InChI=1S/C72H50N2/c1-48(50-23-7-3-8-24-50)41-56(51-25-9-4-10-26-51)42-49(2)68-47-69(74-71(73-68)59-45-57(52-27-11-5-12-28-52)44-58(46-59)53-29-13-6-14-30-53)55-32-21-31-54(43-55)60-36-22-40-67-70(60)63-35-17-20-39-66(63)72(67)64-37-18-15-33-61(64)62-34-16-19-38-65(62)72/h3-47H,2H2,1H3/b48-41+,56-42+. The van der Waals surface area contributed by atoms with Gasteiger partial charge in [-0.25, -0.2) is 9.97 Å². The number of rotatable bonds is 10. The lowest BCUT2D eigenvalue weighted by Gasteiger charge is -2.30. The third kappa shape index (κ3) is 7.67. The molecule has 348 valence electrons. The van der Waals surface area contributed by atoms with Crippen molar-refractivity contribution in [2.24, 2.45) is 0 Å². The van der Waals surface area contributed by atoms with Crippen molar-refractivity contribution >= 4 is 16.7 Å². The zero-order valence-electron chi connectivity index (χ0n) is 41.1. The molecular formula is C72H50N2. The number of nitrogens with zero attached hydrogens (tertiary/aromatic N) is 2. The van der Waals surface area contributed by atoms with E-state index >= 15 is 0 Å². The molecule has 0 atom stereocenters. The summed E-state index contributed by atoms with van der Waals surface area (Å²) in [6.45, 7) is 6.93. The average molecular weight is 943 g/mol. The molecule has 0 N–H and O–H groups in total. The van der Waals surface area contributed by atoms with Gasteiger partial charge in [0.1, 0.15) is 0 Å². The maximum absolute atomic E-state index is 5.52. The molecule has 0 saturated heterocycles. The molecule has 0 saturated carbocycles. The van der Waals surface area contributed by atoms with E-state index in [1.807, 2.05) is 0 Å². The molecule has 2 aliphatic carbocycles. The van der Waals surface area contributed by atoms with Crippen LogP contribution >= 0.6 is 0 Å². The predicted octanol–water partition coefficient (Wildman–Crippen LogP) is 18.4. The molecule has 0 aliphatic heterocycles. The summed E-state index contributed by atoms with van der Waals surface area (Å²) >= 11 is 0. The molecule has 1 heterocycles. The van der Waals surface area contributed by atoms with E-state index in [9.17, 15) is 0 Å². The third-order valence-electron chi connectivity index (χ3n) is 15.0. The van der Waals surface area contributed by atoms with E-state index in [0.29, 0.717) is 5.82 Å². The molecule has 0 bridgehead atoms. The van der Waals surface area contributed by atoms with Gasteiger partial charge in [0.15, 0.2) is 5.82 Å². The molecule has 11 aromatic rings. The fourth-order valence-electron chi connectivity index (χ4n) is 11.6. The summed E-state index contributed by atoms with van der Waals surface area (Å²) in [5.74, 6) is 0.625. The Morgan fingerprint density at radius 3 is 1.43 bits per heavy atom. The van der Waals surface area contributed by atoms with Crippen LogP contribution < -0.4 is 0 Å². The predicted molar refractivity (Wildman–Crippen MR) is 309 cm³/mol. The second-order valence-corrected chi connectivity index (χ2v) is 19.4. The summed E-state index contributed by atoms with van der Waals surface area (Å²) < 4.78 is 0. The van der Waals surface area contributed by atoms with Crippen molar-refractivity contribution in [2.75, 3.05) is 0 Å². The van der Waals surface area contributed by atoms with E-state index in [4.69, 9.17) is 16.5 Å². The molecule has 0 amide bonds. The highest BCUT2D eigenvalue weighted by atomic mass is 14.9. The molecule has 1 aromatic heterocycles. The first-order chi connectivity index (χ1) is 36.5. The van der Waals surface area contributed by atoms with E-state index < -0.39 is 5.41 Å². The molecule has 1 spiro atoms. The van der Waals surface area contributed by atoms with Gasteiger partial charge in [-0.2, -0.15) is 0 Å². The summed E-state index contributed by atoms with van der Waals surface area (Å²) in [6, 6.07) is 93.9. The largest absolute Gasteiger partial charge is 0.228 e. The van der Waals surface area contributed by atoms with Crippen LogP contribution in [0.15, 0.2) is 280 Å². The zero-order valence-corrected chi connectivity index (χ0v) is 41.1. The van der Waals surface area contributed by atoms with Gasteiger partial charge in [-0.05, 0) is 149 Å². The van der Waals surface area contributed by atoms with Crippen molar-refractivity contribution in [1.29, 1.82) is 0 Å². The Bertz CT molecular complexity index is 3910. The molecule has 2 aliphatic rings. The highest BCUT2D eigenvalue weighted by molar-refractivity contribution is 6.00. The average Bonchev–Trinajstić information content (AvgIpc) is 3.96. The van der Waals surface area contributed by atoms with Crippen molar-refractivity contribution in [1.82, 2.24) is 9.97 Å². The van der Waals surface area contributed by atoms with Crippen molar-refractivity contribution in [3.05, 3.63) is 319 Å². The molecule has 13 rings (SSSR count). The van der Waals surface area contributed by atoms with Gasteiger partial charge in [0.25, 0.3) is 0 Å². The normalized spacial score (nSPS) is 13.0. The Hall–Kier alpha value is -9.50. The third-order valence-corrected chi connectivity index (χ3v) is 15.0. The smallest absolute Gasteiger partial charge is 0.160 e. The zero-order chi connectivity index (χ0) is 49.6. The first-order valence-corrected chi connectivity index (χ1v) is 25.4. The molecule has 2 heteroatoms. The number of fused-ring (bicyclic) bond motifs is 10. The summed E-state index contributed by atoms with van der Waals surface area (Å²) in [5, 5.41) is 0. The fourth-order valence-corrected chi connectivity index (χ4v) is 11.6. The second-order valence-electron chi connectivity index (χ2n) is 19.4. The van der Waals surface area contributed by atoms with E-state index in [2.05, 4.69) is 280 Å². The van der Waals surface area contributed by atoms with Gasteiger partial charge in [-0.1, -0.05) is 243 Å². The van der Waals surface area contributed by atoms with Gasteiger partial charge in [0.2, 0.25) is 0 Å². The van der Waals surface area contributed by atoms with E-state index in [1.165, 1.54) is 55.6 Å². The van der Waals surface area contributed by atoms with Crippen LogP contribution in [0.4, 0.5) is 0 Å². The second kappa shape index (κ2) is 18.6. The molecule has 74 heavy (non-hydrogen) atoms. The minimum absolute atomic E-state index is 0.433. The fraction of sp³-hybridized carbons (Fsp3) is 0.0278. The van der Waals surface area contributed by atoms with E-state index in [1.54, 1.807) is 0 Å². The van der Waals surface area contributed by atoms with Gasteiger partial charge in [-0.3, -0.25) is 0 Å². The highest BCUT2D eigenvalue weighted by Crippen LogP contribution is 2.64. The first kappa shape index (κ1) is 44.4. The Labute approximate surface area is 433 Å². The molecule has 10 aromatic carbocycles. The summed E-state index contributed by atoms with van der Waals surface area (Å²) in [7, 11) is 0. The Balaban J connectivity index is 0.997. The van der Waals surface area contributed by atoms with Crippen molar-refractivity contribution in [2.45, 2.75) is 12.3 Å². The van der Waals surface area contributed by atoms with Crippen LogP contribution in [0.5, 0.6) is 0 Å². The molecule has 0 unspecified atom stereocenters. The number of benzene rings is 10. The van der Waals surface area contributed by atoms with Crippen LogP contribution in [0.25, 0.3) is 95.0 Å². The lowest BCUT2D eigenvalue weighted by Crippen LogP contribution is -2.25. The van der Waals surface area contributed by atoms with Gasteiger partial charge in [0.05, 0.1) is 16.8 Å². The number of aromatic nitrogens is 2. The lowest BCUT2D eigenvalue weighted by atomic mass is 9.70. The summed E-state index contributed by atoms with van der Waals surface area (Å²) in [6.07, 6.45) is 4.42.